The van der Waals surface area contributed by atoms with Crippen LogP contribution in [0.5, 0.6) is 0 Å². The van der Waals surface area contributed by atoms with E-state index in [0.29, 0.717) is 12.5 Å². The van der Waals surface area contributed by atoms with E-state index in [1.807, 2.05) is 0 Å². The third-order valence-electron chi connectivity index (χ3n) is 3.17. The number of nitrogens with two attached hydrogens (primary N) is 1. The van der Waals surface area contributed by atoms with Gasteiger partial charge in [0.05, 0.1) is 10.2 Å². The molecule has 0 saturated carbocycles. The number of aromatic nitrogens is 1. The van der Waals surface area contributed by atoms with Crippen LogP contribution in [0.25, 0.3) is 10.2 Å². The Hall–Kier alpha value is -0.930. The molecule has 0 aliphatic carbocycles. The van der Waals surface area contributed by atoms with Crippen molar-refractivity contribution in [2.75, 3.05) is 6.54 Å². The second-order valence-electron chi connectivity index (χ2n) is 5.49. The Morgan fingerprint density at radius 3 is 2.65 bits per heavy atom. The van der Waals surface area contributed by atoms with Gasteiger partial charge < -0.3 is 5.73 Å². The average molecular weight is 248 g/mol. The first kappa shape index (κ1) is 12.5. The molecule has 2 rings (SSSR count). The summed E-state index contributed by atoms with van der Waals surface area (Å²) in [5.41, 5.74) is 8.25. The van der Waals surface area contributed by atoms with Crippen LogP contribution in [0, 0.1) is 0 Å². The smallest absolute Gasteiger partial charge is 0.101 e. The first-order valence-electron chi connectivity index (χ1n) is 6.05. The summed E-state index contributed by atoms with van der Waals surface area (Å²) in [7, 11) is 0. The van der Waals surface area contributed by atoms with Crippen LogP contribution >= 0.6 is 11.3 Å². The zero-order valence-corrected chi connectivity index (χ0v) is 11.8. The Morgan fingerprint density at radius 1 is 1.35 bits per heavy atom. The summed E-state index contributed by atoms with van der Waals surface area (Å²) in [6, 6.07) is 6.55. The topological polar surface area (TPSA) is 38.9 Å². The molecule has 0 fully saturated rings. The van der Waals surface area contributed by atoms with Gasteiger partial charge in [0.2, 0.25) is 0 Å². The lowest BCUT2D eigenvalue weighted by atomic mass is 9.95. The van der Waals surface area contributed by atoms with Crippen molar-refractivity contribution < 1.29 is 0 Å². The monoisotopic (exact) mass is 248 g/mol. The number of nitrogens with zero attached hydrogens (tertiary/aromatic N) is 1. The molecule has 1 heterocycles. The molecule has 0 unspecified atom stereocenters. The average Bonchev–Trinajstić information content (AvgIpc) is 2.72. The van der Waals surface area contributed by atoms with Crippen LogP contribution in [-0.4, -0.2) is 11.5 Å². The molecule has 17 heavy (non-hydrogen) atoms. The van der Waals surface area contributed by atoms with Gasteiger partial charge in [0, 0.05) is 12.0 Å². The first-order valence-corrected chi connectivity index (χ1v) is 6.87. The van der Waals surface area contributed by atoms with Crippen molar-refractivity contribution >= 4 is 21.6 Å². The summed E-state index contributed by atoms with van der Waals surface area (Å²) in [5.74, 6) is 0.562. The quantitative estimate of drug-likeness (QED) is 0.900. The van der Waals surface area contributed by atoms with Crippen molar-refractivity contribution in [3.63, 3.8) is 0 Å². The molecule has 2 aromatic rings. The lowest BCUT2D eigenvalue weighted by molar-refractivity contribution is 0.536. The third-order valence-corrected chi connectivity index (χ3v) is 4.55. The largest absolute Gasteiger partial charge is 0.330 e. The molecule has 0 spiro atoms. The summed E-state index contributed by atoms with van der Waals surface area (Å²) >= 11 is 1.77. The number of rotatable bonds is 3. The molecule has 0 amide bonds. The van der Waals surface area contributed by atoms with Gasteiger partial charge in [-0.3, -0.25) is 0 Å². The van der Waals surface area contributed by atoms with Gasteiger partial charge in [0.1, 0.15) is 5.01 Å². The minimum Gasteiger partial charge on any atom is -0.330 e. The molecule has 1 aromatic heterocycles. The normalized spacial score (nSPS) is 12.6. The molecular formula is C14H20N2S. The highest BCUT2D eigenvalue weighted by Crippen LogP contribution is 2.32. The fourth-order valence-corrected chi connectivity index (χ4v) is 2.80. The van der Waals surface area contributed by atoms with Crippen LogP contribution in [0.15, 0.2) is 18.2 Å². The van der Waals surface area contributed by atoms with E-state index in [0.717, 1.165) is 10.5 Å². The Kier molecular flexibility index (Phi) is 3.23. The van der Waals surface area contributed by atoms with Gasteiger partial charge in [-0.15, -0.1) is 11.3 Å². The van der Waals surface area contributed by atoms with Gasteiger partial charge in [-0.2, -0.15) is 0 Å². The Labute approximate surface area is 107 Å². The van der Waals surface area contributed by atoms with Crippen LogP contribution in [0.4, 0.5) is 0 Å². The van der Waals surface area contributed by atoms with Crippen molar-refractivity contribution in [2.45, 2.75) is 39.0 Å². The highest BCUT2D eigenvalue weighted by Gasteiger charge is 2.23. The van der Waals surface area contributed by atoms with Crippen molar-refractivity contribution in [1.82, 2.24) is 4.98 Å². The lowest BCUT2D eigenvalue weighted by Gasteiger charge is -2.18. The second-order valence-corrected chi connectivity index (χ2v) is 6.52. The molecule has 0 aliphatic heterocycles. The maximum atomic E-state index is 5.80. The first-order chi connectivity index (χ1) is 7.94. The standard InChI is InChI=1S/C14H20N2S/c1-9(2)10-5-6-11-12(7-10)17-13(16-11)14(3,4)8-15/h5-7,9H,8,15H2,1-4H3. The molecule has 0 atom stereocenters. The van der Waals surface area contributed by atoms with E-state index < -0.39 is 0 Å². The SMILES string of the molecule is CC(C)c1ccc2nc(C(C)(C)CN)sc2c1. The van der Waals surface area contributed by atoms with Crippen LogP contribution in [0.1, 0.15) is 44.2 Å². The van der Waals surface area contributed by atoms with Crippen molar-refractivity contribution in [1.29, 1.82) is 0 Å². The molecule has 3 heteroatoms. The Balaban J connectivity index is 2.51. The predicted molar refractivity (Wildman–Crippen MR) is 75.8 cm³/mol. The Bertz CT molecular complexity index is 526. The molecular weight excluding hydrogens is 228 g/mol. The van der Waals surface area contributed by atoms with Gasteiger partial charge in [0.15, 0.2) is 0 Å². The molecule has 2 N–H and O–H groups in total. The Morgan fingerprint density at radius 2 is 2.06 bits per heavy atom. The maximum Gasteiger partial charge on any atom is 0.101 e. The highest BCUT2D eigenvalue weighted by atomic mass is 32.1. The van der Waals surface area contributed by atoms with E-state index in [-0.39, 0.29) is 5.41 Å². The van der Waals surface area contributed by atoms with E-state index >= 15 is 0 Å². The molecule has 1 aromatic carbocycles. The fraction of sp³-hybridized carbons (Fsp3) is 0.500. The molecule has 0 saturated heterocycles. The number of hydrogen-bond donors (Lipinski definition) is 1. The van der Waals surface area contributed by atoms with E-state index in [1.54, 1.807) is 11.3 Å². The predicted octanol–water partition coefficient (Wildman–Crippen LogP) is 3.66. The summed E-state index contributed by atoms with van der Waals surface area (Å²) in [5, 5.41) is 1.14. The fourth-order valence-electron chi connectivity index (χ4n) is 1.68. The zero-order chi connectivity index (χ0) is 12.6. The highest BCUT2D eigenvalue weighted by molar-refractivity contribution is 7.18. The maximum absolute atomic E-state index is 5.80. The third kappa shape index (κ3) is 2.35. The molecule has 0 aliphatic rings. The van der Waals surface area contributed by atoms with Gasteiger partial charge in [-0.25, -0.2) is 4.98 Å². The van der Waals surface area contributed by atoms with Crippen LogP contribution in [0.2, 0.25) is 0 Å². The van der Waals surface area contributed by atoms with Gasteiger partial charge in [-0.05, 0) is 23.6 Å². The summed E-state index contributed by atoms with van der Waals surface area (Å²) in [4.78, 5) is 4.69. The van der Waals surface area contributed by atoms with Gasteiger partial charge in [0.25, 0.3) is 0 Å². The van der Waals surface area contributed by atoms with Crippen LogP contribution < -0.4 is 5.73 Å². The zero-order valence-electron chi connectivity index (χ0n) is 10.9. The minimum absolute atomic E-state index is 0.0261. The van der Waals surface area contributed by atoms with Crippen molar-refractivity contribution in [2.24, 2.45) is 5.73 Å². The lowest BCUT2D eigenvalue weighted by Crippen LogP contribution is -2.27. The molecule has 92 valence electrons. The second kappa shape index (κ2) is 4.39. The summed E-state index contributed by atoms with van der Waals surface area (Å²) < 4.78 is 1.27. The number of benzene rings is 1. The summed E-state index contributed by atoms with van der Waals surface area (Å²) in [6.07, 6.45) is 0. The van der Waals surface area contributed by atoms with Crippen LogP contribution in [-0.2, 0) is 5.41 Å². The number of fused-ring (bicyclic) bond motifs is 1. The number of hydrogen-bond acceptors (Lipinski definition) is 3. The minimum atomic E-state index is -0.0261. The van der Waals surface area contributed by atoms with Gasteiger partial charge >= 0.3 is 0 Å². The van der Waals surface area contributed by atoms with Crippen molar-refractivity contribution in [3.8, 4) is 0 Å². The van der Waals surface area contributed by atoms with E-state index in [1.165, 1.54) is 10.3 Å². The summed E-state index contributed by atoms with van der Waals surface area (Å²) in [6.45, 7) is 9.35. The molecule has 2 nitrogen and oxygen atoms in total. The molecule has 0 bridgehead atoms. The number of thiazole rings is 1. The molecule has 0 radical (unpaired) electrons. The van der Waals surface area contributed by atoms with Crippen LogP contribution in [0.3, 0.4) is 0 Å². The van der Waals surface area contributed by atoms with Crippen molar-refractivity contribution in [3.05, 3.63) is 28.8 Å². The van der Waals surface area contributed by atoms with Gasteiger partial charge in [-0.1, -0.05) is 33.8 Å². The van der Waals surface area contributed by atoms with E-state index in [2.05, 4.69) is 45.9 Å². The van der Waals surface area contributed by atoms with E-state index in [9.17, 15) is 0 Å². The van der Waals surface area contributed by atoms with E-state index in [4.69, 9.17) is 10.7 Å².